The van der Waals surface area contributed by atoms with Crippen molar-refractivity contribution in [2.75, 3.05) is 26.3 Å². The zero-order valence-corrected chi connectivity index (χ0v) is 11.7. The summed E-state index contributed by atoms with van der Waals surface area (Å²) in [7, 11) is 0. The molecule has 3 heteroatoms. The van der Waals surface area contributed by atoms with E-state index in [-0.39, 0.29) is 0 Å². The minimum absolute atomic E-state index is 0.359. The molecule has 2 aliphatic rings. The fourth-order valence-corrected chi connectivity index (χ4v) is 3.34. The van der Waals surface area contributed by atoms with E-state index >= 15 is 0 Å². The van der Waals surface area contributed by atoms with Gasteiger partial charge in [0.25, 0.3) is 0 Å². The molecule has 0 aromatic rings. The van der Waals surface area contributed by atoms with Crippen LogP contribution in [0.5, 0.6) is 0 Å². The van der Waals surface area contributed by atoms with Crippen molar-refractivity contribution in [1.82, 2.24) is 10.2 Å². The van der Waals surface area contributed by atoms with Crippen LogP contribution in [0.4, 0.5) is 0 Å². The summed E-state index contributed by atoms with van der Waals surface area (Å²) in [6.45, 7) is 11.2. The summed E-state index contributed by atoms with van der Waals surface area (Å²) >= 11 is 0. The molecule has 1 N–H and O–H groups in total. The Bertz CT molecular complexity index is 242. The van der Waals surface area contributed by atoms with Gasteiger partial charge in [0.2, 0.25) is 0 Å². The molecule has 0 spiro atoms. The van der Waals surface area contributed by atoms with Gasteiger partial charge in [-0.15, -0.1) is 0 Å². The van der Waals surface area contributed by atoms with Crippen molar-refractivity contribution in [3.8, 4) is 0 Å². The molecular formula is C14H28N2O. The van der Waals surface area contributed by atoms with Crippen molar-refractivity contribution in [2.45, 2.75) is 64.1 Å². The van der Waals surface area contributed by atoms with Gasteiger partial charge in [-0.3, -0.25) is 4.90 Å². The molecule has 2 heterocycles. The van der Waals surface area contributed by atoms with Crippen LogP contribution < -0.4 is 5.32 Å². The Morgan fingerprint density at radius 2 is 2.24 bits per heavy atom. The van der Waals surface area contributed by atoms with Gasteiger partial charge in [-0.2, -0.15) is 0 Å². The number of rotatable bonds is 4. The van der Waals surface area contributed by atoms with E-state index in [4.69, 9.17) is 4.74 Å². The first kappa shape index (κ1) is 13.3. The molecule has 0 bridgehead atoms. The van der Waals surface area contributed by atoms with Crippen molar-refractivity contribution in [1.29, 1.82) is 0 Å². The Labute approximate surface area is 106 Å². The Morgan fingerprint density at radius 3 is 2.88 bits per heavy atom. The zero-order chi connectivity index (χ0) is 12.3. The standard InChI is InChI=1S/C14H28N2O/c1-4-8-15-12-6-10-17-11-13(12)16-9-5-7-14(16,2)3/h12-13,15H,4-11H2,1-3H3. The van der Waals surface area contributed by atoms with E-state index in [0.717, 1.165) is 26.2 Å². The Balaban J connectivity index is 2.00. The molecule has 2 rings (SSSR count). The molecule has 2 atom stereocenters. The lowest BCUT2D eigenvalue weighted by molar-refractivity contribution is -0.0248. The predicted octanol–water partition coefficient (Wildman–Crippen LogP) is 2.02. The van der Waals surface area contributed by atoms with Crippen molar-refractivity contribution < 1.29 is 4.74 Å². The van der Waals surface area contributed by atoms with Crippen LogP contribution in [0.15, 0.2) is 0 Å². The normalized spacial score (nSPS) is 34.1. The smallest absolute Gasteiger partial charge is 0.0637 e. The van der Waals surface area contributed by atoms with Gasteiger partial charge < -0.3 is 10.1 Å². The molecule has 0 aromatic heterocycles. The number of nitrogens with one attached hydrogen (secondary N) is 1. The largest absolute Gasteiger partial charge is 0.380 e. The SMILES string of the molecule is CCCNC1CCOCC1N1CCCC1(C)C. The van der Waals surface area contributed by atoms with Crippen LogP contribution in [-0.2, 0) is 4.74 Å². The second kappa shape index (κ2) is 5.68. The first-order valence-electron chi connectivity index (χ1n) is 7.23. The van der Waals surface area contributed by atoms with Crippen LogP contribution in [0.25, 0.3) is 0 Å². The van der Waals surface area contributed by atoms with Crippen molar-refractivity contribution in [3.63, 3.8) is 0 Å². The first-order valence-corrected chi connectivity index (χ1v) is 7.23. The minimum atomic E-state index is 0.359. The molecule has 0 saturated carbocycles. The van der Waals surface area contributed by atoms with Gasteiger partial charge in [-0.25, -0.2) is 0 Å². The molecule has 100 valence electrons. The van der Waals surface area contributed by atoms with E-state index in [9.17, 15) is 0 Å². The summed E-state index contributed by atoms with van der Waals surface area (Å²) in [6, 6.07) is 1.20. The molecule has 3 nitrogen and oxygen atoms in total. The molecule has 2 fully saturated rings. The highest BCUT2D eigenvalue weighted by Gasteiger charge is 2.40. The van der Waals surface area contributed by atoms with Crippen LogP contribution in [0.1, 0.15) is 46.5 Å². The fraction of sp³-hybridized carbons (Fsp3) is 1.00. The van der Waals surface area contributed by atoms with E-state index < -0.39 is 0 Å². The Kier molecular flexibility index (Phi) is 4.45. The lowest BCUT2D eigenvalue weighted by Crippen LogP contribution is -2.59. The average Bonchev–Trinajstić information content (AvgIpc) is 2.66. The second-order valence-corrected chi connectivity index (χ2v) is 6.10. The monoisotopic (exact) mass is 240 g/mol. The molecular weight excluding hydrogens is 212 g/mol. The van der Waals surface area contributed by atoms with Gasteiger partial charge >= 0.3 is 0 Å². The fourth-order valence-electron chi connectivity index (χ4n) is 3.34. The van der Waals surface area contributed by atoms with Crippen LogP contribution in [0.3, 0.4) is 0 Å². The number of ether oxygens (including phenoxy) is 1. The van der Waals surface area contributed by atoms with Crippen LogP contribution >= 0.6 is 0 Å². The molecule has 0 aromatic carbocycles. The Hall–Kier alpha value is -0.120. The molecule has 2 saturated heterocycles. The van der Waals surface area contributed by atoms with E-state index in [1.165, 1.54) is 25.8 Å². The van der Waals surface area contributed by atoms with E-state index in [1.54, 1.807) is 0 Å². The van der Waals surface area contributed by atoms with Gasteiger partial charge in [-0.05, 0) is 52.6 Å². The third-order valence-electron chi connectivity index (χ3n) is 4.35. The van der Waals surface area contributed by atoms with Gasteiger partial charge in [0.05, 0.1) is 6.61 Å². The summed E-state index contributed by atoms with van der Waals surface area (Å²) in [4.78, 5) is 2.68. The van der Waals surface area contributed by atoms with Crippen molar-refractivity contribution in [2.24, 2.45) is 0 Å². The molecule has 0 aliphatic carbocycles. The molecule has 2 unspecified atom stereocenters. The molecule has 17 heavy (non-hydrogen) atoms. The Morgan fingerprint density at radius 1 is 1.41 bits per heavy atom. The summed E-state index contributed by atoms with van der Waals surface area (Å²) < 4.78 is 5.72. The van der Waals surface area contributed by atoms with E-state index in [2.05, 4.69) is 31.0 Å². The molecule has 0 radical (unpaired) electrons. The summed E-state index contributed by atoms with van der Waals surface area (Å²) in [5.41, 5.74) is 0.359. The first-order chi connectivity index (χ1) is 8.15. The summed E-state index contributed by atoms with van der Waals surface area (Å²) in [5, 5.41) is 3.71. The van der Waals surface area contributed by atoms with Crippen LogP contribution in [0, 0.1) is 0 Å². The molecule has 0 amide bonds. The second-order valence-electron chi connectivity index (χ2n) is 6.10. The van der Waals surface area contributed by atoms with Crippen molar-refractivity contribution in [3.05, 3.63) is 0 Å². The maximum atomic E-state index is 5.72. The minimum Gasteiger partial charge on any atom is -0.380 e. The maximum Gasteiger partial charge on any atom is 0.0637 e. The highest BCUT2D eigenvalue weighted by atomic mass is 16.5. The van der Waals surface area contributed by atoms with Gasteiger partial charge in [0.15, 0.2) is 0 Å². The van der Waals surface area contributed by atoms with Gasteiger partial charge in [0, 0.05) is 24.2 Å². The quantitative estimate of drug-likeness (QED) is 0.813. The van der Waals surface area contributed by atoms with Crippen LogP contribution in [0.2, 0.25) is 0 Å². The maximum absolute atomic E-state index is 5.72. The number of nitrogens with zero attached hydrogens (tertiary/aromatic N) is 1. The lowest BCUT2D eigenvalue weighted by Gasteiger charge is -2.44. The van der Waals surface area contributed by atoms with E-state index in [1.807, 2.05) is 0 Å². The number of likely N-dealkylation sites (tertiary alicyclic amines) is 1. The zero-order valence-electron chi connectivity index (χ0n) is 11.7. The van der Waals surface area contributed by atoms with Crippen molar-refractivity contribution >= 4 is 0 Å². The highest BCUT2D eigenvalue weighted by molar-refractivity contribution is 4.97. The summed E-state index contributed by atoms with van der Waals surface area (Å²) in [5.74, 6) is 0. The molecule has 2 aliphatic heterocycles. The van der Waals surface area contributed by atoms with Crippen LogP contribution in [-0.4, -0.2) is 48.8 Å². The van der Waals surface area contributed by atoms with E-state index in [0.29, 0.717) is 17.6 Å². The third kappa shape index (κ3) is 3.01. The topological polar surface area (TPSA) is 24.5 Å². The lowest BCUT2D eigenvalue weighted by atomic mass is 9.95. The highest BCUT2D eigenvalue weighted by Crippen LogP contribution is 2.32. The van der Waals surface area contributed by atoms with Gasteiger partial charge in [-0.1, -0.05) is 6.92 Å². The summed E-state index contributed by atoms with van der Waals surface area (Å²) in [6.07, 6.45) is 5.04. The third-order valence-corrected chi connectivity index (χ3v) is 4.35. The predicted molar refractivity (Wildman–Crippen MR) is 71.3 cm³/mol. The number of hydrogen-bond acceptors (Lipinski definition) is 3. The van der Waals surface area contributed by atoms with Gasteiger partial charge in [0.1, 0.15) is 0 Å². The number of hydrogen-bond donors (Lipinski definition) is 1. The average molecular weight is 240 g/mol.